The van der Waals surface area contributed by atoms with Crippen molar-refractivity contribution in [3.63, 3.8) is 0 Å². The summed E-state index contributed by atoms with van der Waals surface area (Å²) in [5, 5.41) is 12.6. The molecule has 1 heterocycles. The molecule has 1 fully saturated rings. The predicted octanol–water partition coefficient (Wildman–Crippen LogP) is 3.09. The number of rotatable bonds is 4. The van der Waals surface area contributed by atoms with Crippen LogP contribution in [-0.2, 0) is 0 Å². The molecule has 0 aliphatic carbocycles. The summed E-state index contributed by atoms with van der Waals surface area (Å²) >= 11 is 0. The third-order valence-corrected chi connectivity index (χ3v) is 4.10. The van der Waals surface area contributed by atoms with Gasteiger partial charge in [-0.1, -0.05) is 30.3 Å². The van der Waals surface area contributed by atoms with E-state index in [-0.39, 0.29) is 5.92 Å². The van der Waals surface area contributed by atoms with Gasteiger partial charge in [-0.3, -0.25) is 0 Å². The highest BCUT2D eigenvalue weighted by Gasteiger charge is 2.29. The molecule has 23 heavy (non-hydrogen) atoms. The standard InChI is InChI=1S/C16H21F3N2O2/c17-16(18,19)8-9-20-15(23)21-10-6-13(7-11-21)14(22)12-4-2-1-3-5-12/h1-5,13-14,22H,6-11H2,(H,20,23). The molecule has 0 bridgehead atoms. The molecule has 1 saturated heterocycles. The predicted molar refractivity (Wildman–Crippen MR) is 79.8 cm³/mol. The molecule has 1 aliphatic rings. The van der Waals surface area contributed by atoms with Crippen LogP contribution in [0.5, 0.6) is 0 Å². The van der Waals surface area contributed by atoms with Gasteiger partial charge in [-0.15, -0.1) is 0 Å². The van der Waals surface area contributed by atoms with Crippen LogP contribution in [-0.4, -0.2) is 41.8 Å². The number of nitrogens with zero attached hydrogens (tertiary/aromatic N) is 1. The van der Waals surface area contributed by atoms with E-state index in [2.05, 4.69) is 5.32 Å². The van der Waals surface area contributed by atoms with Crippen LogP contribution < -0.4 is 5.32 Å². The Hall–Kier alpha value is -1.76. The molecule has 0 saturated carbocycles. The highest BCUT2D eigenvalue weighted by molar-refractivity contribution is 5.74. The SMILES string of the molecule is O=C(NCCC(F)(F)F)N1CCC(C(O)c2ccccc2)CC1. The van der Waals surface area contributed by atoms with Crippen molar-refractivity contribution in [1.82, 2.24) is 10.2 Å². The molecule has 7 heteroatoms. The highest BCUT2D eigenvalue weighted by Crippen LogP contribution is 2.30. The van der Waals surface area contributed by atoms with Gasteiger partial charge in [0.15, 0.2) is 0 Å². The molecule has 2 rings (SSSR count). The highest BCUT2D eigenvalue weighted by atomic mass is 19.4. The minimum Gasteiger partial charge on any atom is -0.388 e. The van der Waals surface area contributed by atoms with E-state index in [0.29, 0.717) is 25.9 Å². The summed E-state index contributed by atoms with van der Waals surface area (Å²) in [6.45, 7) is 0.466. The van der Waals surface area contributed by atoms with E-state index in [1.807, 2.05) is 30.3 Å². The van der Waals surface area contributed by atoms with Crippen LogP contribution in [0.25, 0.3) is 0 Å². The molecule has 0 aromatic heterocycles. The van der Waals surface area contributed by atoms with Gasteiger partial charge in [-0.05, 0) is 24.3 Å². The van der Waals surface area contributed by atoms with Crippen molar-refractivity contribution >= 4 is 6.03 Å². The van der Waals surface area contributed by atoms with Crippen LogP contribution in [0.1, 0.15) is 30.9 Å². The van der Waals surface area contributed by atoms with E-state index in [1.54, 1.807) is 0 Å². The number of likely N-dealkylation sites (tertiary alicyclic amines) is 1. The second-order valence-corrected chi connectivity index (χ2v) is 5.78. The lowest BCUT2D eigenvalue weighted by molar-refractivity contribution is -0.133. The van der Waals surface area contributed by atoms with E-state index >= 15 is 0 Å². The molecule has 0 radical (unpaired) electrons. The first-order valence-electron chi connectivity index (χ1n) is 7.69. The topological polar surface area (TPSA) is 52.6 Å². The Morgan fingerprint density at radius 1 is 1.26 bits per heavy atom. The summed E-state index contributed by atoms with van der Waals surface area (Å²) in [4.78, 5) is 13.3. The Morgan fingerprint density at radius 3 is 2.43 bits per heavy atom. The maximum Gasteiger partial charge on any atom is 0.390 e. The largest absolute Gasteiger partial charge is 0.390 e. The first-order valence-corrected chi connectivity index (χ1v) is 7.69. The van der Waals surface area contributed by atoms with E-state index in [9.17, 15) is 23.1 Å². The van der Waals surface area contributed by atoms with Gasteiger partial charge in [0.05, 0.1) is 12.5 Å². The van der Waals surface area contributed by atoms with Crippen LogP contribution in [0.4, 0.5) is 18.0 Å². The zero-order chi connectivity index (χ0) is 16.9. The normalized spacial score (nSPS) is 17.8. The molecule has 1 atom stereocenters. The smallest absolute Gasteiger partial charge is 0.388 e. The van der Waals surface area contributed by atoms with Crippen molar-refractivity contribution in [3.8, 4) is 0 Å². The third kappa shape index (κ3) is 5.42. The van der Waals surface area contributed by atoms with Crippen molar-refractivity contribution in [2.45, 2.75) is 31.5 Å². The number of aliphatic hydroxyl groups excluding tert-OH is 1. The zero-order valence-corrected chi connectivity index (χ0v) is 12.7. The summed E-state index contributed by atoms with van der Waals surface area (Å²) in [6.07, 6.45) is -4.61. The number of benzene rings is 1. The number of nitrogens with one attached hydrogen (secondary N) is 1. The summed E-state index contributed by atoms with van der Waals surface area (Å²) in [5.74, 6) is 0.0524. The number of carbonyl (C=O) groups is 1. The number of hydrogen-bond acceptors (Lipinski definition) is 2. The molecule has 0 spiro atoms. The molecular weight excluding hydrogens is 309 g/mol. The summed E-state index contributed by atoms with van der Waals surface area (Å²) < 4.78 is 36.2. The number of aliphatic hydroxyl groups is 1. The molecule has 1 unspecified atom stereocenters. The number of urea groups is 1. The fourth-order valence-corrected chi connectivity index (χ4v) is 2.76. The Kier molecular flexibility index (Phi) is 5.87. The minimum absolute atomic E-state index is 0.0524. The molecule has 1 aliphatic heterocycles. The summed E-state index contributed by atoms with van der Waals surface area (Å²) in [7, 11) is 0. The molecule has 128 valence electrons. The first-order chi connectivity index (χ1) is 10.9. The summed E-state index contributed by atoms with van der Waals surface area (Å²) in [6, 6.07) is 8.86. The minimum atomic E-state index is -4.26. The van der Waals surface area contributed by atoms with Gasteiger partial charge in [0.2, 0.25) is 0 Å². The van der Waals surface area contributed by atoms with Gasteiger partial charge >= 0.3 is 12.2 Å². The lowest BCUT2D eigenvalue weighted by Crippen LogP contribution is -2.45. The fourth-order valence-electron chi connectivity index (χ4n) is 2.76. The van der Waals surface area contributed by atoms with Gasteiger partial charge in [0.25, 0.3) is 0 Å². The van der Waals surface area contributed by atoms with Crippen LogP contribution in [0.2, 0.25) is 0 Å². The second kappa shape index (κ2) is 7.68. The zero-order valence-electron chi connectivity index (χ0n) is 12.7. The van der Waals surface area contributed by atoms with E-state index in [1.165, 1.54) is 4.90 Å². The van der Waals surface area contributed by atoms with E-state index in [0.717, 1.165) is 5.56 Å². The van der Waals surface area contributed by atoms with Crippen molar-refractivity contribution < 1.29 is 23.1 Å². The number of piperidine rings is 1. The van der Waals surface area contributed by atoms with E-state index < -0.39 is 31.3 Å². The summed E-state index contributed by atoms with van der Waals surface area (Å²) in [5.41, 5.74) is 0.848. The molecule has 2 N–H and O–H groups in total. The van der Waals surface area contributed by atoms with Crippen LogP contribution >= 0.6 is 0 Å². The molecule has 2 amide bonds. The maximum absolute atomic E-state index is 12.1. The number of amides is 2. The van der Waals surface area contributed by atoms with Crippen molar-refractivity contribution in [3.05, 3.63) is 35.9 Å². The van der Waals surface area contributed by atoms with Gasteiger partial charge in [0, 0.05) is 19.6 Å². The van der Waals surface area contributed by atoms with Crippen molar-refractivity contribution in [1.29, 1.82) is 0 Å². The van der Waals surface area contributed by atoms with Crippen LogP contribution in [0.3, 0.4) is 0 Å². The van der Waals surface area contributed by atoms with Crippen LogP contribution in [0.15, 0.2) is 30.3 Å². The van der Waals surface area contributed by atoms with Crippen molar-refractivity contribution in [2.24, 2.45) is 5.92 Å². The molecule has 1 aromatic rings. The average Bonchev–Trinajstić information content (AvgIpc) is 2.54. The molecular formula is C16H21F3N2O2. The Morgan fingerprint density at radius 2 is 1.87 bits per heavy atom. The Bertz CT molecular complexity index is 500. The number of carbonyl (C=O) groups excluding carboxylic acids is 1. The molecule has 4 nitrogen and oxygen atoms in total. The number of alkyl halides is 3. The third-order valence-electron chi connectivity index (χ3n) is 4.10. The number of hydrogen-bond donors (Lipinski definition) is 2. The Balaban J connectivity index is 1.76. The quantitative estimate of drug-likeness (QED) is 0.891. The first kappa shape index (κ1) is 17.6. The van der Waals surface area contributed by atoms with Crippen LogP contribution in [0, 0.1) is 5.92 Å². The van der Waals surface area contributed by atoms with Gasteiger partial charge in [-0.25, -0.2) is 4.79 Å². The van der Waals surface area contributed by atoms with Gasteiger partial charge < -0.3 is 15.3 Å². The monoisotopic (exact) mass is 330 g/mol. The average molecular weight is 330 g/mol. The lowest BCUT2D eigenvalue weighted by Gasteiger charge is -2.34. The molecule has 1 aromatic carbocycles. The second-order valence-electron chi connectivity index (χ2n) is 5.78. The fraction of sp³-hybridized carbons (Fsp3) is 0.562. The Labute approximate surface area is 133 Å². The van der Waals surface area contributed by atoms with Crippen molar-refractivity contribution in [2.75, 3.05) is 19.6 Å². The van der Waals surface area contributed by atoms with Gasteiger partial charge in [-0.2, -0.15) is 13.2 Å². The lowest BCUT2D eigenvalue weighted by atomic mass is 9.87. The van der Waals surface area contributed by atoms with Gasteiger partial charge in [0.1, 0.15) is 0 Å². The number of halogens is 3. The van der Waals surface area contributed by atoms with E-state index in [4.69, 9.17) is 0 Å². The maximum atomic E-state index is 12.1.